The lowest BCUT2D eigenvalue weighted by Gasteiger charge is -2.32. The molecular weight excluding hydrogens is 407 g/mol. The molecule has 0 bridgehead atoms. The van der Waals surface area contributed by atoms with E-state index in [1.54, 1.807) is 23.0 Å². The van der Waals surface area contributed by atoms with E-state index in [-0.39, 0.29) is 18.1 Å². The summed E-state index contributed by atoms with van der Waals surface area (Å²) in [6.45, 7) is 10.9. The first-order valence-corrected chi connectivity index (χ1v) is 11.3. The second kappa shape index (κ2) is 8.80. The molecule has 1 aromatic carbocycles. The van der Waals surface area contributed by atoms with Gasteiger partial charge in [0.1, 0.15) is 0 Å². The highest BCUT2D eigenvalue weighted by molar-refractivity contribution is 7.86. The lowest BCUT2D eigenvalue weighted by atomic mass is 9.82. The monoisotopic (exact) mass is 436 g/mol. The molecule has 2 heterocycles. The Hall–Kier alpha value is -1.72. The molecule has 0 unspecified atom stereocenters. The fourth-order valence-electron chi connectivity index (χ4n) is 2.84. The maximum Gasteiger partial charge on any atom is 0.498 e. The molecule has 0 N–H and O–H groups in total. The van der Waals surface area contributed by atoms with Crippen molar-refractivity contribution in [1.82, 2.24) is 9.78 Å². The third-order valence-electron chi connectivity index (χ3n) is 5.42. The molecule has 1 aliphatic rings. The first-order chi connectivity index (χ1) is 14.0. The molecular formula is C20H29BN2O6S. The molecule has 1 fully saturated rings. The fraction of sp³-hybridized carbons (Fsp3) is 0.550. The predicted octanol–water partition coefficient (Wildman–Crippen LogP) is 1.91. The van der Waals surface area contributed by atoms with Crippen LogP contribution >= 0.6 is 0 Å². The molecule has 0 spiro atoms. The summed E-state index contributed by atoms with van der Waals surface area (Å²) in [5.74, 6) is 0. The van der Waals surface area contributed by atoms with Crippen molar-refractivity contribution >= 4 is 22.7 Å². The highest BCUT2D eigenvalue weighted by Gasteiger charge is 2.52. The Balaban J connectivity index is 1.39. The molecule has 8 nitrogen and oxygen atoms in total. The number of aryl methyl sites for hydroxylation is 1. The highest BCUT2D eigenvalue weighted by atomic mass is 32.2. The Bertz CT molecular complexity index is 940. The summed E-state index contributed by atoms with van der Waals surface area (Å²) in [6.07, 6.45) is 3.59. The van der Waals surface area contributed by atoms with E-state index < -0.39 is 28.4 Å². The zero-order valence-electron chi connectivity index (χ0n) is 18.1. The van der Waals surface area contributed by atoms with E-state index in [4.69, 9.17) is 18.2 Å². The van der Waals surface area contributed by atoms with Gasteiger partial charge in [0, 0.05) is 17.9 Å². The van der Waals surface area contributed by atoms with E-state index in [2.05, 4.69) is 5.10 Å². The summed E-state index contributed by atoms with van der Waals surface area (Å²) in [4.78, 5) is 0.139. The predicted molar refractivity (Wildman–Crippen MR) is 113 cm³/mol. The average molecular weight is 436 g/mol. The van der Waals surface area contributed by atoms with Crippen LogP contribution in [0.3, 0.4) is 0 Å². The molecule has 3 rings (SSSR count). The number of nitrogens with zero attached hydrogens (tertiary/aromatic N) is 2. The Labute approximate surface area is 178 Å². The van der Waals surface area contributed by atoms with E-state index in [1.807, 2.05) is 40.8 Å². The molecule has 1 aromatic heterocycles. The van der Waals surface area contributed by atoms with Crippen molar-refractivity contribution in [3.63, 3.8) is 0 Å². The normalized spacial score (nSPS) is 18.1. The first kappa shape index (κ1) is 23.0. The van der Waals surface area contributed by atoms with Crippen LogP contribution in [-0.2, 0) is 34.9 Å². The Kier molecular flexibility index (Phi) is 6.73. The van der Waals surface area contributed by atoms with Crippen molar-refractivity contribution in [1.29, 1.82) is 0 Å². The SMILES string of the molecule is Cc1ccc(S(=O)(=O)OCCOCCn2cc(B3OC(C)(C)C(C)(C)O3)cn2)cc1. The standard InChI is InChI=1S/C20H29BN2O6S/c1-16-6-8-18(9-7-16)30(24,25)27-13-12-26-11-10-23-15-17(14-22-23)21-28-19(2,3)20(4,5)29-21/h6-9,14-15H,10-13H2,1-5H3. The first-order valence-electron chi connectivity index (χ1n) is 9.92. The number of benzene rings is 1. The van der Waals surface area contributed by atoms with Crippen LogP contribution in [0.15, 0.2) is 41.6 Å². The maximum atomic E-state index is 12.1. The van der Waals surface area contributed by atoms with Crippen molar-refractivity contribution in [2.75, 3.05) is 19.8 Å². The minimum Gasteiger partial charge on any atom is -0.399 e. The van der Waals surface area contributed by atoms with Gasteiger partial charge < -0.3 is 14.0 Å². The van der Waals surface area contributed by atoms with Gasteiger partial charge in [-0.1, -0.05) is 17.7 Å². The van der Waals surface area contributed by atoms with Crippen LogP contribution in [0.1, 0.15) is 33.3 Å². The quantitative estimate of drug-likeness (QED) is 0.337. The Morgan fingerprint density at radius 1 is 1.03 bits per heavy atom. The number of rotatable bonds is 9. The van der Waals surface area contributed by atoms with E-state index in [1.165, 1.54) is 12.1 Å². The molecule has 10 heteroatoms. The fourth-order valence-corrected chi connectivity index (χ4v) is 3.73. The van der Waals surface area contributed by atoms with E-state index >= 15 is 0 Å². The topological polar surface area (TPSA) is 88.9 Å². The average Bonchev–Trinajstić information content (AvgIpc) is 3.20. The minimum atomic E-state index is -3.77. The Morgan fingerprint density at radius 2 is 1.67 bits per heavy atom. The van der Waals surface area contributed by atoms with Crippen molar-refractivity contribution in [3.05, 3.63) is 42.2 Å². The molecule has 0 atom stereocenters. The molecule has 0 radical (unpaired) electrons. The number of ether oxygens (including phenoxy) is 1. The zero-order valence-corrected chi connectivity index (χ0v) is 18.9. The number of hydrogen-bond donors (Lipinski definition) is 0. The van der Waals surface area contributed by atoms with Crippen LogP contribution in [0, 0.1) is 6.92 Å². The number of aromatic nitrogens is 2. The lowest BCUT2D eigenvalue weighted by molar-refractivity contribution is 0.00578. The van der Waals surface area contributed by atoms with Crippen LogP contribution < -0.4 is 5.46 Å². The molecule has 30 heavy (non-hydrogen) atoms. The van der Waals surface area contributed by atoms with Crippen LogP contribution in [0.25, 0.3) is 0 Å². The van der Waals surface area contributed by atoms with Gasteiger partial charge in [0.15, 0.2) is 0 Å². The summed E-state index contributed by atoms with van der Waals surface area (Å²) in [6, 6.07) is 6.52. The van der Waals surface area contributed by atoms with Gasteiger partial charge in [-0.15, -0.1) is 0 Å². The van der Waals surface area contributed by atoms with Gasteiger partial charge >= 0.3 is 7.12 Å². The van der Waals surface area contributed by atoms with Crippen LogP contribution in [-0.4, -0.2) is 56.3 Å². The summed E-state index contributed by atoms with van der Waals surface area (Å²) in [5.41, 5.74) is 1.03. The van der Waals surface area contributed by atoms with Crippen molar-refractivity contribution in [3.8, 4) is 0 Å². The van der Waals surface area contributed by atoms with E-state index in [9.17, 15) is 8.42 Å². The molecule has 1 saturated heterocycles. The van der Waals surface area contributed by atoms with Gasteiger partial charge in [-0.25, -0.2) is 0 Å². The minimum absolute atomic E-state index is 0.0471. The van der Waals surface area contributed by atoms with Crippen molar-refractivity contribution in [2.45, 2.75) is 57.3 Å². The molecule has 0 aliphatic carbocycles. The van der Waals surface area contributed by atoms with Crippen LogP contribution in [0.5, 0.6) is 0 Å². The summed E-state index contributed by atoms with van der Waals surface area (Å²) < 4.78 is 48.5. The van der Waals surface area contributed by atoms with Gasteiger partial charge in [-0.2, -0.15) is 13.5 Å². The smallest absolute Gasteiger partial charge is 0.399 e. The van der Waals surface area contributed by atoms with Gasteiger partial charge in [-0.05, 0) is 46.8 Å². The molecule has 0 amide bonds. The third-order valence-corrected chi connectivity index (χ3v) is 6.75. The second-order valence-electron chi connectivity index (χ2n) is 8.33. The summed E-state index contributed by atoms with van der Waals surface area (Å²) in [5, 5.41) is 4.31. The van der Waals surface area contributed by atoms with Gasteiger partial charge in [0.05, 0.1) is 42.5 Å². The summed E-state index contributed by atoms with van der Waals surface area (Å²) in [7, 11) is -4.22. The highest BCUT2D eigenvalue weighted by Crippen LogP contribution is 2.36. The van der Waals surface area contributed by atoms with Crippen molar-refractivity contribution < 1.29 is 26.6 Å². The van der Waals surface area contributed by atoms with Gasteiger partial charge in [-0.3, -0.25) is 8.86 Å². The van der Waals surface area contributed by atoms with Crippen LogP contribution in [0.2, 0.25) is 0 Å². The van der Waals surface area contributed by atoms with Gasteiger partial charge in [0.2, 0.25) is 0 Å². The zero-order chi connectivity index (χ0) is 22.0. The summed E-state index contributed by atoms with van der Waals surface area (Å²) >= 11 is 0. The third kappa shape index (κ3) is 5.30. The molecule has 164 valence electrons. The van der Waals surface area contributed by atoms with Crippen LogP contribution in [0.4, 0.5) is 0 Å². The van der Waals surface area contributed by atoms with Crippen molar-refractivity contribution in [2.24, 2.45) is 0 Å². The largest absolute Gasteiger partial charge is 0.498 e. The van der Waals surface area contributed by atoms with E-state index in [0.717, 1.165) is 11.0 Å². The molecule has 2 aromatic rings. The second-order valence-corrected chi connectivity index (χ2v) is 9.94. The maximum absolute atomic E-state index is 12.1. The molecule has 0 saturated carbocycles. The lowest BCUT2D eigenvalue weighted by Crippen LogP contribution is -2.41. The van der Waals surface area contributed by atoms with E-state index in [0.29, 0.717) is 13.2 Å². The number of hydrogen-bond acceptors (Lipinski definition) is 7. The Morgan fingerprint density at radius 3 is 2.30 bits per heavy atom. The molecule has 1 aliphatic heterocycles. The van der Waals surface area contributed by atoms with Gasteiger partial charge in [0.25, 0.3) is 10.1 Å².